The summed E-state index contributed by atoms with van der Waals surface area (Å²) in [4.78, 5) is 35.9. The van der Waals surface area contributed by atoms with Crippen LogP contribution in [0.25, 0.3) is 0 Å². The van der Waals surface area contributed by atoms with E-state index in [9.17, 15) is 14.4 Å². The van der Waals surface area contributed by atoms with Crippen LogP contribution in [0.4, 0.5) is 0 Å². The van der Waals surface area contributed by atoms with Gasteiger partial charge in [-0.15, -0.1) is 0 Å². The molecule has 1 aromatic rings. The summed E-state index contributed by atoms with van der Waals surface area (Å²) in [5.74, 6) is 0.188. The Morgan fingerprint density at radius 3 is 2.44 bits per heavy atom. The first-order valence-electron chi connectivity index (χ1n) is 9.70. The Morgan fingerprint density at radius 2 is 1.78 bits per heavy atom. The average Bonchev–Trinajstić information content (AvgIpc) is 2.67. The van der Waals surface area contributed by atoms with Crippen molar-refractivity contribution in [2.45, 2.75) is 58.4 Å². The second kappa shape index (κ2) is 10.7. The highest BCUT2D eigenvalue weighted by Gasteiger charge is 2.23. The van der Waals surface area contributed by atoms with E-state index in [1.54, 1.807) is 24.3 Å². The Balaban J connectivity index is 1.67. The van der Waals surface area contributed by atoms with Crippen molar-refractivity contribution < 1.29 is 23.9 Å². The van der Waals surface area contributed by atoms with Crippen LogP contribution in [-0.2, 0) is 14.3 Å². The van der Waals surface area contributed by atoms with Gasteiger partial charge in [-0.1, -0.05) is 19.8 Å². The van der Waals surface area contributed by atoms with Crippen molar-refractivity contribution in [3.05, 3.63) is 29.8 Å². The zero-order valence-electron chi connectivity index (χ0n) is 16.2. The lowest BCUT2D eigenvalue weighted by atomic mass is 9.86. The largest absolute Gasteiger partial charge is 0.494 e. The molecule has 2 atom stereocenters. The molecular weight excluding hydrogens is 346 g/mol. The molecule has 6 nitrogen and oxygen atoms in total. The van der Waals surface area contributed by atoms with Crippen molar-refractivity contribution in [3.8, 4) is 5.75 Å². The highest BCUT2D eigenvalue weighted by Crippen LogP contribution is 2.23. The monoisotopic (exact) mass is 375 g/mol. The molecule has 1 aliphatic carbocycles. The highest BCUT2D eigenvalue weighted by atomic mass is 16.5. The lowest BCUT2D eigenvalue weighted by molar-refractivity contribution is -0.148. The SMILES string of the molecule is CCOc1ccc(C(=O)CCC(=O)OCC(=O)N[C@H]2CCCC[C@H]2C)cc1. The van der Waals surface area contributed by atoms with Gasteiger partial charge in [-0.05, 0) is 49.9 Å². The molecular formula is C21H29NO5. The number of rotatable bonds is 9. The molecule has 0 spiro atoms. The maximum Gasteiger partial charge on any atom is 0.306 e. The quantitative estimate of drug-likeness (QED) is 0.529. The van der Waals surface area contributed by atoms with Gasteiger partial charge in [0.15, 0.2) is 12.4 Å². The first-order valence-corrected chi connectivity index (χ1v) is 9.70. The molecule has 27 heavy (non-hydrogen) atoms. The number of esters is 1. The van der Waals surface area contributed by atoms with E-state index in [1.807, 2.05) is 6.92 Å². The van der Waals surface area contributed by atoms with Crippen LogP contribution >= 0.6 is 0 Å². The van der Waals surface area contributed by atoms with E-state index in [1.165, 1.54) is 6.42 Å². The topological polar surface area (TPSA) is 81.7 Å². The number of Topliss-reactive ketones (excluding diaryl/α,β-unsaturated/α-hetero) is 1. The normalized spacial score (nSPS) is 19.2. The number of nitrogens with one attached hydrogen (secondary N) is 1. The van der Waals surface area contributed by atoms with Gasteiger partial charge in [-0.3, -0.25) is 14.4 Å². The lowest BCUT2D eigenvalue weighted by Crippen LogP contribution is -2.42. The fraction of sp³-hybridized carbons (Fsp3) is 0.571. The van der Waals surface area contributed by atoms with Crippen LogP contribution in [0.5, 0.6) is 5.75 Å². The summed E-state index contributed by atoms with van der Waals surface area (Å²) in [6, 6.07) is 6.97. The number of ether oxygens (including phenoxy) is 2. The van der Waals surface area contributed by atoms with Crippen molar-refractivity contribution in [1.29, 1.82) is 0 Å². The summed E-state index contributed by atoms with van der Waals surface area (Å²) < 4.78 is 10.3. The number of amides is 1. The molecule has 148 valence electrons. The summed E-state index contributed by atoms with van der Waals surface area (Å²) in [6.07, 6.45) is 4.40. The molecule has 2 rings (SSSR count). The average molecular weight is 375 g/mol. The van der Waals surface area contributed by atoms with Crippen LogP contribution < -0.4 is 10.1 Å². The summed E-state index contributed by atoms with van der Waals surface area (Å²) in [5, 5.41) is 2.94. The summed E-state index contributed by atoms with van der Waals surface area (Å²) in [6.45, 7) is 4.29. The van der Waals surface area contributed by atoms with E-state index >= 15 is 0 Å². The second-order valence-corrected chi connectivity index (χ2v) is 6.98. The van der Waals surface area contributed by atoms with Crippen LogP contribution in [0.2, 0.25) is 0 Å². The van der Waals surface area contributed by atoms with Crippen LogP contribution in [0.1, 0.15) is 62.7 Å². The number of benzene rings is 1. The molecule has 0 radical (unpaired) electrons. The van der Waals surface area contributed by atoms with Crippen LogP contribution in [0, 0.1) is 5.92 Å². The van der Waals surface area contributed by atoms with Gasteiger partial charge in [0.1, 0.15) is 5.75 Å². The first-order chi connectivity index (χ1) is 13.0. The van der Waals surface area contributed by atoms with Gasteiger partial charge in [0.05, 0.1) is 13.0 Å². The molecule has 1 fully saturated rings. The van der Waals surface area contributed by atoms with Gasteiger partial charge in [-0.25, -0.2) is 0 Å². The lowest BCUT2D eigenvalue weighted by Gasteiger charge is -2.29. The van der Waals surface area contributed by atoms with Crippen molar-refractivity contribution >= 4 is 17.7 Å². The molecule has 0 unspecified atom stereocenters. The van der Waals surface area contributed by atoms with E-state index < -0.39 is 5.97 Å². The minimum absolute atomic E-state index is 0.0425. The van der Waals surface area contributed by atoms with Crippen LogP contribution in [-0.4, -0.2) is 36.9 Å². The summed E-state index contributed by atoms with van der Waals surface area (Å²) >= 11 is 0. The maximum atomic E-state index is 12.1. The zero-order chi connectivity index (χ0) is 19.6. The molecule has 1 saturated carbocycles. The standard InChI is InChI=1S/C21H29NO5/c1-3-26-17-10-8-16(9-11-17)19(23)12-13-21(25)27-14-20(24)22-18-7-5-4-6-15(18)2/h8-11,15,18H,3-7,12-14H2,1-2H3,(H,22,24)/t15-,18+/m1/s1. The van der Waals surface area contributed by atoms with Gasteiger partial charge < -0.3 is 14.8 Å². The Bertz CT molecular complexity index is 640. The third kappa shape index (κ3) is 7.04. The minimum atomic E-state index is -0.541. The number of carbonyl (C=O) groups is 3. The number of hydrogen-bond donors (Lipinski definition) is 1. The number of ketones is 1. The third-order valence-electron chi connectivity index (χ3n) is 4.87. The van der Waals surface area contributed by atoms with E-state index in [0.717, 1.165) is 19.3 Å². The predicted molar refractivity (Wildman–Crippen MR) is 102 cm³/mol. The van der Waals surface area contributed by atoms with Crippen molar-refractivity contribution in [2.75, 3.05) is 13.2 Å². The van der Waals surface area contributed by atoms with E-state index in [4.69, 9.17) is 9.47 Å². The van der Waals surface area contributed by atoms with Crippen molar-refractivity contribution in [1.82, 2.24) is 5.32 Å². The Morgan fingerprint density at radius 1 is 1.07 bits per heavy atom. The predicted octanol–water partition coefficient (Wildman–Crippen LogP) is 3.29. The van der Waals surface area contributed by atoms with Gasteiger partial charge in [-0.2, -0.15) is 0 Å². The van der Waals surface area contributed by atoms with Crippen LogP contribution in [0.15, 0.2) is 24.3 Å². The van der Waals surface area contributed by atoms with Crippen molar-refractivity contribution in [2.24, 2.45) is 5.92 Å². The molecule has 0 aromatic heterocycles. The second-order valence-electron chi connectivity index (χ2n) is 6.98. The molecule has 1 aromatic carbocycles. The fourth-order valence-electron chi connectivity index (χ4n) is 3.26. The number of carbonyl (C=O) groups excluding carboxylic acids is 3. The fourth-order valence-corrected chi connectivity index (χ4v) is 3.26. The molecule has 1 amide bonds. The maximum absolute atomic E-state index is 12.1. The summed E-state index contributed by atoms with van der Waals surface area (Å²) in [5.41, 5.74) is 0.523. The molecule has 0 saturated heterocycles. The van der Waals surface area contributed by atoms with E-state index in [0.29, 0.717) is 23.8 Å². The Labute approximate surface area is 160 Å². The van der Waals surface area contributed by atoms with E-state index in [2.05, 4.69) is 12.2 Å². The molecule has 0 bridgehead atoms. The number of hydrogen-bond acceptors (Lipinski definition) is 5. The minimum Gasteiger partial charge on any atom is -0.494 e. The van der Waals surface area contributed by atoms with Gasteiger partial charge in [0.2, 0.25) is 0 Å². The Hall–Kier alpha value is -2.37. The summed E-state index contributed by atoms with van der Waals surface area (Å²) in [7, 11) is 0. The smallest absolute Gasteiger partial charge is 0.306 e. The molecule has 1 aliphatic rings. The Kier molecular flexibility index (Phi) is 8.30. The molecule has 1 N–H and O–H groups in total. The zero-order valence-corrected chi connectivity index (χ0v) is 16.2. The van der Waals surface area contributed by atoms with Gasteiger partial charge in [0.25, 0.3) is 5.91 Å². The first kappa shape index (κ1) is 20.9. The van der Waals surface area contributed by atoms with Crippen molar-refractivity contribution in [3.63, 3.8) is 0 Å². The molecule has 6 heteroatoms. The molecule has 0 heterocycles. The van der Waals surface area contributed by atoms with Gasteiger partial charge in [0, 0.05) is 18.0 Å². The van der Waals surface area contributed by atoms with E-state index in [-0.39, 0.29) is 37.2 Å². The highest BCUT2D eigenvalue weighted by molar-refractivity contribution is 5.97. The van der Waals surface area contributed by atoms with Gasteiger partial charge >= 0.3 is 5.97 Å². The third-order valence-corrected chi connectivity index (χ3v) is 4.87. The van der Waals surface area contributed by atoms with Crippen LogP contribution in [0.3, 0.4) is 0 Å². The molecule has 0 aliphatic heterocycles.